The van der Waals surface area contributed by atoms with Gasteiger partial charge >= 0.3 is 5.97 Å². The molecule has 5 nitrogen and oxygen atoms in total. The van der Waals surface area contributed by atoms with Crippen molar-refractivity contribution in [3.8, 4) is 0 Å². The molecule has 0 aliphatic heterocycles. The minimum Gasteiger partial charge on any atom is -0.462 e. The number of ether oxygens (including phenoxy) is 2. The van der Waals surface area contributed by atoms with E-state index >= 15 is 0 Å². The van der Waals surface area contributed by atoms with E-state index in [0.717, 1.165) is 12.1 Å². The second kappa shape index (κ2) is 7.66. The van der Waals surface area contributed by atoms with Crippen molar-refractivity contribution < 1.29 is 14.3 Å². The normalized spacial score (nSPS) is 10.3. The van der Waals surface area contributed by atoms with Crippen LogP contribution < -0.4 is 5.56 Å². The van der Waals surface area contributed by atoms with Crippen LogP contribution in [0.4, 0.5) is 0 Å². The van der Waals surface area contributed by atoms with Crippen molar-refractivity contribution in [3.63, 3.8) is 0 Å². The van der Waals surface area contributed by atoms with Gasteiger partial charge in [-0.05, 0) is 19.4 Å². The average molecular weight is 253 g/mol. The van der Waals surface area contributed by atoms with Crippen molar-refractivity contribution in [2.24, 2.45) is 0 Å². The van der Waals surface area contributed by atoms with Crippen LogP contribution in [0, 0.1) is 6.92 Å². The molecule has 5 heteroatoms. The molecule has 0 aliphatic rings. The van der Waals surface area contributed by atoms with Crippen LogP contribution in [-0.2, 0) is 20.8 Å². The first kappa shape index (κ1) is 14.4. The van der Waals surface area contributed by atoms with Crippen molar-refractivity contribution >= 4 is 5.97 Å². The second-order valence-corrected chi connectivity index (χ2v) is 3.92. The first-order valence-electron chi connectivity index (χ1n) is 6.05. The molecule has 1 aromatic rings. The molecule has 0 N–H and O–H groups in total. The van der Waals surface area contributed by atoms with Gasteiger partial charge in [0.15, 0.2) is 0 Å². The van der Waals surface area contributed by atoms with E-state index in [4.69, 9.17) is 9.47 Å². The highest BCUT2D eigenvalue weighted by Crippen LogP contribution is 1.94. The SMILES string of the molecule is CCCOCCOC(=O)Cn1c(C)cccc1=O. The van der Waals surface area contributed by atoms with Gasteiger partial charge in [0, 0.05) is 18.4 Å². The lowest BCUT2D eigenvalue weighted by Gasteiger charge is -2.09. The third kappa shape index (κ3) is 4.71. The number of nitrogens with zero attached hydrogens (tertiary/aromatic N) is 1. The molecule has 0 saturated carbocycles. The number of aromatic nitrogens is 1. The highest BCUT2D eigenvalue weighted by Gasteiger charge is 2.07. The van der Waals surface area contributed by atoms with Crippen LogP contribution in [0.2, 0.25) is 0 Å². The molecule has 0 atom stereocenters. The first-order chi connectivity index (χ1) is 8.65. The average Bonchev–Trinajstić information content (AvgIpc) is 2.34. The summed E-state index contributed by atoms with van der Waals surface area (Å²) in [5.41, 5.74) is 0.538. The standard InChI is InChI=1S/C13H19NO4/c1-3-7-17-8-9-18-13(16)10-14-11(2)5-4-6-12(14)15/h4-6H,3,7-10H2,1-2H3. The number of esters is 1. The Morgan fingerprint density at radius 2 is 2.06 bits per heavy atom. The lowest BCUT2D eigenvalue weighted by molar-refractivity contribution is -0.146. The van der Waals surface area contributed by atoms with Crippen LogP contribution in [0.5, 0.6) is 0 Å². The highest BCUT2D eigenvalue weighted by atomic mass is 16.6. The van der Waals surface area contributed by atoms with E-state index in [1.807, 2.05) is 6.92 Å². The fraction of sp³-hybridized carbons (Fsp3) is 0.538. The van der Waals surface area contributed by atoms with E-state index in [1.54, 1.807) is 19.1 Å². The molecular formula is C13H19NO4. The minimum absolute atomic E-state index is 0.0563. The Morgan fingerprint density at radius 1 is 1.28 bits per heavy atom. The van der Waals surface area contributed by atoms with Crippen molar-refractivity contribution in [2.45, 2.75) is 26.8 Å². The fourth-order valence-electron chi connectivity index (χ4n) is 1.46. The molecule has 0 radical (unpaired) electrons. The van der Waals surface area contributed by atoms with Crippen molar-refractivity contribution in [3.05, 3.63) is 34.2 Å². The van der Waals surface area contributed by atoms with Gasteiger partial charge in [-0.25, -0.2) is 0 Å². The Hall–Kier alpha value is -1.62. The van der Waals surface area contributed by atoms with Crippen LogP contribution in [-0.4, -0.2) is 30.4 Å². The maximum absolute atomic E-state index is 11.5. The number of hydrogen-bond acceptors (Lipinski definition) is 4. The third-order valence-corrected chi connectivity index (χ3v) is 2.39. The molecule has 100 valence electrons. The lowest BCUT2D eigenvalue weighted by Crippen LogP contribution is -2.26. The van der Waals surface area contributed by atoms with E-state index in [0.29, 0.717) is 13.2 Å². The lowest BCUT2D eigenvalue weighted by atomic mass is 10.3. The Labute approximate surface area is 106 Å². The van der Waals surface area contributed by atoms with Crippen molar-refractivity contribution in [2.75, 3.05) is 19.8 Å². The summed E-state index contributed by atoms with van der Waals surface area (Å²) in [7, 11) is 0. The maximum atomic E-state index is 11.5. The maximum Gasteiger partial charge on any atom is 0.326 e. The molecule has 1 heterocycles. The molecule has 1 aromatic heterocycles. The zero-order valence-electron chi connectivity index (χ0n) is 10.8. The van der Waals surface area contributed by atoms with Crippen molar-refractivity contribution in [1.29, 1.82) is 0 Å². The topological polar surface area (TPSA) is 57.5 Å². The van der Waals surface area contributed by atoms with Crippen LogP contribution in [0.25, 0.3) is 0 Å². The Kier molecular flexibility index (Phi) is 6.14. The van der Waals surface area contributed by atoms with Crippen LogP contribution in [0.1, 0.15) is 19.0 Å². The van der Waals surface area contributed by atoms with Gasteiger partial charge in [-0.15, -0.1) is 0 Å². The van der Waals surface area contributed by atoms with Gasteiger partial charge in [-0.2, -0.15) is 0 Å². The minimum atomic E-state index is -0.425. The van der Waals surface area contributed by atoms with E-state index in [2.05, 4.69) is 0 Å². The largest absolute Gasteiger partial charge is 0.462 e. The predicted octanol–water partition coefficient (Wildman–Crippen LogP) is 1.13. The predicted molar refractivity (Wildman–Crippen MR) is 67.5 cm³/mol. The van der Waals surface area contributed by atoms with Crippen LogP contribution in [0.3, 0.4) is 0 Å². The number of aryl methyl sites for hydroxylation is 1. The molecule has 1 rings (SSSR count). The number of carbonyl (C=O) groups excluding carboxylic acids is 1. The number of rotatable bonds is 7. The van der Waals surface area contributed by atoms with Gasteiger partial charge in [0.05, 0.1) is 6.61 Å². The second-order valence-electron chi connectivity index (χ2n) is 3.92. The van der Waals surface area contributed by atoms with E-state index in [-0.39, 0.29) is 18.7 Å². The summed E-state index contributed by atoms with van der Waals surface area (Å²) in [5, 5.41) is 0. The summed E-state index contributed by atoms with van der Waals surface area (Å²) in [6, 6.07) is 4.86. The molecule has 18 heavy (non-hydrogen) atoms. The third-order valence-electron chi connectivity index (χ3n) is 2.39. The molecule has 0 fully saturated rings. The van der Waals surface area contributed by atoms with Gasteiger partial charge in [-0.1, -0.05) is 13.0 Å². The number of pyridine rings is 1. The highest BCUT2D eigenvalue weighted by molar-refractivity contribution is 5.69. The van der Waals surface area contributed by atoms with Gasteiger partial charge in [-0.3, -0.25) is 9.59 Å². The van der Waals surface area contributed by atoms with E-state index < -0.39 is 5.97 Å². The number of hydrogen-bond donors (Lipinski definition) is 0. The Morgan fingerprint density at radius 3 is 2.72 bits per heavy atom. The molecule has 0 aliphatic carbocycles. The van der Waals surface area contributed by atoms with Gasteiger partial charge in [0.25, 0.3) is 5.56 Å². The van der Waals surface area contributed by atoms with Crippen LogP contribution >= 0.6 is 0 Å². The summed E-state index contributed by atoms with van der Waals surface area (Å²) in [4.78, 5) is 23.0. The summed E-state index contributed by atoms with van der Waals surface area (Å²) in [6.07, 6.45) is 0.937. The monoisotopic (exact) mass is 253 g/mol. The van der Waals surface area contributed by atoms with E-state index in [9.17, 15) is 9.59 Å². The first-order valence-corrected chi connectivity index (χ1v) is 6.05. The Bertz CT molecular complexity index is 439. The van der Waals surface area contributed by atoms with Crippen LogP contribution in [0.15, 0.2) is 23.0 Å². The summed E-state index contributed by atoms with van der Waals surface area (Å²) < 4.78 is 11.5. The van der Waals surface area contributed by atoms with E-state index in [1.165, 1.54) is 10.6 Å². The zero-order valence-corrected chi connectivity index (χ0v) is 10.8. The number of carbonyl (C=O) groups is 1. The molecule has 0 bridgehead atoms. The fourth-order valence-corrected chi connectivity index (χ4v) is 1.46. The molecule has 0 saturated heterocycles. The van der Waals surface area contributed by atoms with Gasteiger partial charge in [0.2, 0.25) is 0 Å². The molecule has 0 aromatic carbocycles. The summed E-state index contributed by atoms with van der Waals surface area (Å²) in [6.45, 7) is 5.01. The Balaban J connectivity index is 2.38. The molecule has 0 spiro atoms. The summed E-state index contributed by atoms with van der Waals surface area (Å²) >= 11 is 0. The molecule has 0 amide bonds. The summed E-state index contributed by atoms with van der Waals surface area (Å²) in [5.74, 6) is -0.425. The van der Waals surface area contributed by atoms with Gasteiger partial charge in [0.1, 0.15) is 13.2 Å². The van der Waals surface area contributed by atoms with Gasteiger partial charge < -0.3 is 14.0 Å². The molecule has 0 unspecified atom stereocenters. The smallest absolute Gasteiger partial charge is 0.326 e. The molecular weight excluding hydrogens is 234 g/mol. The van der Waals surface area contributed by atoms with Crippen molar-refractivity contribution in [1.82, 2.24) is 4.57 Å². The zero-order chi connectivity index (χ0) is 13.4. The quantitative estimate of drug-likeness (QED) is 0.540.